The van der Waals surface area contributed by atoms with E-state index in [2.05, 4.69) is 26.8 Å². The zero-order chi connectivity index (χ0) is 14.7. The molecule has 1 unspecified atom stereocenters. The quantitative estimate of drug-likeness (QED) is 0.767. The third-order valence-corrected chi connectivity index (χ3v) is 3.81. The molecule has 0 bridgehead atoms. The van der Waals surface area contributed by atoms with Crippen LogP contribution in [0.25, 0.3) is 6.08 Å². The molecule has 0 saturated carbocycles. The van der Waals surface area contributed by atoms with Gasteiger partial charge in [-0.1, -0.05) is 39.0 Å². The minimum atomic E-state index is 0.203. The Morgan fingerprint density at radius 2 is 1.90 bits per heavy atom. The maximum atomic E-state index is 12.5. The van der Waals surface area contributed by atoms with Crippen molar-refractivity contribution in [3.8, 4) is 5.75 Å². The number of benzene rings is 1. The standard InChI is InChI=1S/C18H22O2/c1-12(2)16-10-5-13(3)17(18(16)19)11-14-6-8-15(20-4)9-7-14/h6-13H,5H2,1-4H3. The van der Waals surface area contributed by atoms with E-state index in [1.54, 1.807) is 7.11 Å². The first-order valence-corrected chi connectivity index (χ1v) is 7.13. The fourth-order valence-corrected chi connectivity index (χ4v) is 2.50. The minimum absolute atomic E-state index is 0.203. The summed E-state index contributed by atoms with van der Waals surface area (Å²) in [5.41, 5.74) is 2.91. The number of methoxy groups -OCH3 is 1. The molecule has 2 nitrogen and oxygen atoms in total. The lowest BCUT2D eigenvalue weighted by Crippen LogP contribution is -2.20. The molecule has 0 spiro atoms. The highest BCUT2D eigenvalue weighted by molar-refractivity contribution is 6.12. The second-order valence-corrected chi connectivity index (χ2v) is 5.65. The van der Waals surface area contributed by atoms with E-state index >= 15 is 0 Å². The van der Waals surface area contributed by atoms with Crippen molar-refractivity contribution in [1.82, 2.24) is 0 Å². The van der Waals surface area contributed by atoms with Gasteiger partial charge in [0.05, 0.1) is 7.11 Å². The van der Waals surface area contributed by atoms with Crippen LogP contribution in [0, 0.1) is 11.8 Å². The predicted molar refractivity (Wildman–Crippen MR) is 82.7 cm³/mol. The van der Waals surface area contributed by atoms with Gasteiger partial charge in [0.1, 0.15) is 5.75 Å². The normalized spacial score (nSPS) is 21.2. The molecule has 0 radical (unpaired) electrons. The van der Waals surface area contributed by atoms with Gasteiger partial charge in [-0.05, 0) is 47.6 Å². The summed E-state index contributed by atoms with van der Waals surface area (Å²) in [5.74, 6) is 1.61. The fourth-order valence-electron chi connectivity index (χ4n) is 2.50. The zero-order valence-corrected chi connectivity index (χ0v) is 12.6. The Morgan fingerprint density at radius 3 is 2.45 bits per heavy atom. The summed E-state index contributed by atoms with van der Waals surface area (Å²) in [6.45, 7) is 6.26. The van der Waals surface area contributed by atoms with E-state index in [4.69, 9.17) is 4.74 Å². The van der Waals surface area contributed by atoms with Gasteiger partial charge < -0.3 is 4.74 Å². The molecule has 0 saturated heterocycles. The number of ether oxygens (including phenoxy) is 1. The monoisotopic (exact) mass is 270 g/mol. The number of ketones is 1. The zero-order valence-electron chi connectivity index (χ0n) is 12.6. The maximum absolute atomic E-state index is 12.5. The molecular weight excluding hydrogens is 248 g/mol. The smallest absolute Gasteiger partial charge is 0.185 e. The van der Waals surface area contributed by atoms with Gasteiger partial charge in [-0.3, -0.25) is 4.79 Å². The summed E-state index contributed by atoms with van der Waals surface area (Å²) in [4.78, 5) is 12.5. The summed E-state index contributed by atoms with van der Waals surface area (Å²) < 4.78 is 5.15. The number of Topliss-reactive ketones (excluding diaryl/α,β-unsaturated/α-hetero) is 1. The number of carbonyl (C=O) groups excluding carboxylic acids is 1. The Kier molecular flexibility index (Phi) is 4.43. The Hall–Kier alpha value is -1.83. The molecule has 1 atom stereocenters. The number of allylic oxidation sites excluding steroid dienone is 3. The van der Waals surface area contributed by atoms with Crippen molar-refractivity contribution in [3.63, 3.8) is 0 Å². The minimum Gasteiger partial charge on any atom is -0.497 e. The van der Waals surface area contributed by atoms with Crippen LogP contribution in [0.1, 0.15) is 32.8 Å². The van der Waals surface area contributed by atoms with Crippen molar-refractivity contribution in [2.45, 2.75) is 27.2 Å². The highest BCUT2D eigenvalue weighted by Gasteiger charge is 2.26. The molecule has 0 amide bonds. The van der Waals surface area contributed by atoms with Gasteiger partial charge in [0.25, 0.3) is 0 Å². The van der Waals surface area contributed by atoms with Crippen LogP contribution in [0.3, 0.4) is 0 Å². The topological polar surface area (TPSA) is 26.3 Å². The second-order valence-electron chi connectivity index (χ2n) is 5.65. The van der Waals surface area contributed by atoms with Crippen LogP contribution in [0.4, 0.5) is 0 Å². The van der Waals surface area contributed by atoms with E-state index in [-0.39, 0.29) is 17.6 Å². The fraction of sp³-hybridized carbons (Fsp3) is 0.389. The molecule has 20 heavy (non-hydrogen) atoms. The van der Waals surface area contributed by atoms with Crippen molar-refractivity contribution in [2.75, 3.05) is 7.11 Å². The van der Waals surface area contributed by atoms with Crippen molar-refractivity contribution >= 4 is 11.9 Å². The summed E-state index contributed by atoms with van der Waals surface area (Å²) in [6.07, 6.45) is 5.06. The molecule has 0 fully saturated rings. The van der Waals surface area contributed by atoms with Crippen LogP contribution < -0.4 is 4.74 Å². The van der Waals surface area contributed by atoms with Crippen LogP contribution in [-0.2, 0) is 4.79 Å². The van der Waals surface area contributed by atoms with E-state index in [9.17, 15) is 4.79 Å². The second kappa shape index (κ2) is 6.08. The van der Waals surface area contributed by atoms with Gasteiger partial charge in [0, 0.05) is 5.57 Å². The Morgan fingerprint density at radius 1 is 1.25 bits per heavy atom. The van der Waals surface area contributed by atoms with E-state index in [0.717, 1.165) is 28.9 Å². The first-order chi connectivity index (χ1) is 9.52. The Balaban J connectivity index is 2.32. The van der Waals surface area contributed by atoms with E-state index in [1.165, 1.54) is 0 Å². The van der Waals surface area contributed by atoms with Crippen LogP contribution in [-0.4, -0.2) is 12.9 Å². The number of rotatable bonds is 3. The average molecular weight is 270 g/mol. The summed E-state index contributed by atoms with van der Waals surface area (Å²) >= 11 is 0. The van der Waals surface area contributed by atoms with Crippen LogP contribution in [0.5, 0.6) is 5.75 Å². The van der Waals surface area contributed by atoms with Crippen LogP contribution in [0.2, 0.25) is 0 Å². The van der Waals surface area contributed by atoms with E-state index < -0.39 is 0 Å². The molecule has 1 aliphatic rings. The largest absolute Gasteiger partial charge is 0.497 e. The summed E-state index contributed by atoms with van der Waals surface area (Å²) in [6, 6.07) is 7.81. The van der Waals surface area contributed by atoms with Crippen molar-refractivity contribution in [3.05, 3.63) is 47.1 Å². The highest BCUT2D eigenvalue weighted by atomic mass is 16.5. The van der Waals surface area contributed by atoms with Crippen molar-refractivity contribution in [1.29, 1.82) is 0 Å². The highest BCUT2D eigenvalue weighted by Crippen LogP contribution is 2.31. The van der Waals surface area contributed by atoms with Crippen LogP contribution in [0.15, 0.2) is 41.5 Å². The van der Waals surface area contributed by atoms with E-state index in [1.807, 2.05) is 30.3 Å². The van der Waals surface area contributed by atoms with Gasteiger partial charge in [0.15, 0.2) is 5.78 Å². The van der Waals surface area contributed by atoms with Gasteiger partial charge in [-0.2, -0.15) is 0 Å². The third kappa shape index (κ3) is 3.01. The Labute approximate surface area is 121 Å². The van der Waals surface area contributed by atoms with Crippen LogP contribution >= 0.6 is 0 Å². The first kappa shape index (κ1) is 14.6. The van der Waals surface area contributed by atoms with Gasteiger partial charge in [-0.15, -0.1) is 0 Å². The third-order valence-electron chi connectivity index (χ3n) is 3.81. The average Bonchev–Trinajstić information content (AvgIpc) is 2.43. The van der Waals surface area contributed by atoms with Crippen molar-refractivity contribution in [2.24, 2.45) is 11.8 Å². The van der Waals surface area contributed by atoms with Gasteiger partial charge in [0.2, 0.25) is 0 Å². The first-order valence-electron chi connectivity index (χ1n) is 7.13. The molecule has 1 aromatic rings. The molecule has 2 rings (SSSR count). The molecule has 106 valence electrons. The SMILES string of the molecule is COc1ccc(C=C2C(=O)C(C(C)C)=CCC2C)cc1. The van der Waals surface area contributed by atoms with E-state index in [0.29, 0.717) is 0 Å². The molecule has 0 aromatic heterocycles. The van der Waals surface area contributed by atoms with Crippen molar-refractivity contribution < 1.29 is 9.53 Å². The molecule has 1 aliphatic carbocycles. The Bertz CT molecular complexity index is 547. The lowest BCUT2D eigenvalue weighted by Gasteiger charge is -2.23. The lowest BCUT2D eigenvalue weighted by atomic mass is 9.80. The number of hydrogen-bond donors (Lipinski definition) is 0. The number of hydrogen-bond acceptors (Lipinski definition) is 2. The molecule has 0 heterocycles. The molecule has 0 aliphatic heterocycles. The molecule has 0 N–H and O–H groups in total. The summed E-state index contributed by atoms with van der Waals surface area (Å²) in [5, 5.41) is 0. The predicted octanol–water partition coefficient (Wildman–Crippen LogP) is 4.27. The van der Waals surface area contributed by atoms with Gasteiger partial charge >= 0.3 is 0 Å². The lowest BCUT2D eigenvalue weighted by molar-refractivity contribution is -0.113. The number of carbonyl (C=O) groups is 1. The molecular formula is C18H22O2. The van der Waals surface area contributed by atoms with Gasteiger partial charge in [-0.25, -0.2) is 0 Å². The molecule has 2 heteroatoms. The molecule has 1 aromatic carbocycles. The summed E-state index contributed by atoms with van der Waals surface area (Å²) in [7, 11) is 1.65. The maximum Gasteiger partial charge on any atom is 0.185 e.